The number of carbonyl (C=O) groups is 1. The number of hydrogen-bond donors (Lipinski definition) is 2. The normalized spacial score (nSPS) is 11.2. The van der Waals surface area contributed by atoms with Gasteiger partial charge in [-0.3, -0.25) is 19.1 Å². The summed E-state index contributed by atoms with van der Waals surface area (Å²) in [6, 6.07) is 14.7. The van der Waals surface area contributed by atoms with Crippen LogP contribution in [-0.2, 0) is 17.9 Å². The zero-order valence-electron chi connectivity index (χ0n) is 16.0. The van der Waals surface area contributed by atoms with E-state index in [1.165, 1.54) is 4.57 Å². The zero-order valence-corrected chi connectivity index (χ0v) is 16.0. The monoisotopic (exact) mass is 391 g/mol. The number of aryl methyl sites for hydroxylation is 2. The summed E-state index contributed by atoms with van der Waals surface area (Å²) < 4.78 is 3.49. The summed E-state index contributed by atoms with van der Waals surface area (Å²) in [7, 11) is 0. The number of imidazole rings is 1. The van der Waals surface area contributed by atoms with E-state index in [4.69, 9.17) is 0 Å². The van der Waals surface area contributed by atoms with Crippen molar-refractivity contribution in [1.29, 1.82) is 0 Å². The first-order valence-corrected chi connectivity index (χ1v) is 9.45. The van der Waals surface area contributed by atoms with Crippen LogP contribution in [0.1, 0.15) is 12.2 Å². The van der Waals surface area contributed by atoms with Gasteiger partial charge in [0.05, 0.1) is 21.9 Å². The minimum absolute atomic E-state index is 0.138. The SMILES string of the molecule is Cc1nc2ccccc2n1CCNC(=O)CCn1c(=O)[nH]c(=O)c2ccccc21. The molecule has 2 aromatic heterocycles. The number of fused-ring (bicyclic) bond motifs is 2. The van der Waals surface area contributed by atoms with Gasteiger partial charge in [0.1, 0.15) is 5.82 Å². The highest BCUT2D eigenvalue weighted by Crippen LogP contribution is 2.14. The van der Waals surface area contributed by atoms with E-state index in [1.807, 2.05) is 31.2 Å². The van der Waals surface area contributed by atoms with Crippen LogP contribution >= 0.6 is 0 Å². The molecule has 4 rings (SSSR count). The van der Waals surface area contributed by atoms with Crippen molar-refractivity contribution < 1.29 is 4.79 Å². The van der Waals surface area contributed by atoms with Gasteiger partial charge in [0.25, 0.3) is 5.56 Å². The number of aromatic amines is 1. The van der Waals surface area contributed by atoms with Crippen molar-refractivity contribution in [3.63, 3.8) is 0 Å². The van der Waals surface area contributed by atoms with Gasteiger partial charge in [0, 0.05) is 26.1 Å². The molecule has 2 heterocycles. The van der Waals surface area contributed by atoms with E-state index >= 15 is 0 Å². The minimum atomic E-state index is -0.512. The Morgan fingerprint density at radius 2 is 1.72 bits per heavy atom. The van der Waals surface area contributed by atoms with Gasteiger partial charge < -0.3 is 9.88 Å². The fraction of sp³-hybridized carbons (Fsp3) is 0.238. The second-order valence-corrected chi connectivity index (χ2v) is 6.83. The van der Waals surface area contributed by atoms with Crippen LogP contribution in [0.4, 0.5) is 0 Å². The lowest BCUT2D eigenvalue weighted by Crippen LogP contribution is -2.33. The van der Waals surface area contributed by atoms with E-state index in [2.05, 4.69) is 19.9 Å². The Kier molecular flexibility index (Phi) is 4.99. The van der Waals surface area contributed by atoms with Crippen LogP contribution in [0.25, 0.3) is 21.9 Å². The fourth-order valence-electron chi connectivity index (χ4n) is 3.55. The molecule has 0 atom stereocenters. The predicted octanol–water partition coefficient (Wildman–Crippen LogP) is 1.55. The molecule has 0 saturated carbocycles. The molecular formula is C21H21N5O3. The first kappa shape index (κ1) is 18.7. The van der Waals surface area contributed by atoms with Gasteiger partial charge in [0.2, 0.25) is 5.91 Å². The molecule has 0 bridgehead atoms. The molecule has 0 unspecified atom stereocenters. The van der Waals surface area contributed by atoms with Crippen LogP contribution in [0.3, 0.4) is 0 Å². The van der Waals surface area contributed by atoms with Crippen LogP contribution in [0.15, 0.2) is 58.1 Å². The summed E-state index contributed by atoms with van der Waals surface area (Å²) >= 11 is 0. The number of carbonyl (C=O) groups excluding carboxylic acids is 1. The molecule has 8 nitrogen and oxygen atoms in total. The molecule has 2 N–H and O–H groups in total. The summed E-state index contributed by atoms with van der Waals surface area (Å²) in [5.74, 6) is 0.737. The Bertz CT molecular complexity index is 1320. The van der Waals surface area contributed by atoms with E-state index in [0.717, 1.165) is 16.9 Å². The molecule has 2 aromatic carbocycles. The number of H-pyrrole nitrogens is 1. The second-order valence-electron chi connectivity index (χ2n) is 6.83. The summed E-state index contributed by atoms with van der Waals surface area (Å²) in [6.45, 7) is 3.20. The van der Waals surface area contributed by atoms with Gasteiger partial charge >= 0.3 is 5.69 Å². The van der Waals surface area contributed by atoms with Gasteiger partial charge in [-0.25, -0.2) is 9.78 Å². The highest BCUT2D eigenvalue weighted by Gasteiger charge is 2.10. The lowest BCUT2D eigenvalue weighted by molar-refractivity contribution is -0.121. The average Bonchev–Trinajstić information content (AvgIpc) is 3.03. The maximum Gasteiger partial charge on any atom is 0.328 e. The van der Waals surface area contributed by atoms with Gasteiger partial charge in [-0.1, -0.05) is 24.3 Å². The summed E-state index contributed by atoms with van der Waals surface area (Å²) in [5, 5.41) is 3.31. The molecule has 0 aliphatic carbocycles. The van der Waals surface area contributed by atoms with Crippen molar-refractivity contribution >= 4 is 27.8 Å². The molecule has 8 heteroatoms. The van der Waals surface area contributed by atoms with Gasteiger partial charge in [-0.2, -0.15) is 0 Å². The first-order valence-electron chi connectivity index (χ1n) is 9.45. The topological polar surface area (TPSA) is 102 Å². The van der Waals surface area contributed by atoms with Crippen molar-refractivity contribution in [3.05, 3.63) is 75.2 Å². The van der Waals surface area contributed by atoms with Gasteiger partial charge in [-0.15, -0.1) is 0 Å². The standard InChI is InChI=1S/C21H21N5O3/c1-14-23-16-7-3-5-9-18(16)25(14)13-11-22-19(27)10-12-26-17-8-4-2-6-15(17)20(28)24-21(26)29/h2-9H,10-13H2,1H3,(H,22,27)(H,24,28,29). The molecule has 0 aliphatic heterocycles. The fourth-order valence-corrected chi connectivity index (χ4v) is 3.55. The Balaban J connectivity index is 1.40. The molecule has 4 aromatic rings. The summed E-state index contributed by atoms with van der Waals surface area (Å²) in [4.78, 5) is 43.2. The van der Waals surface area contributed by atoms with Crippen LogP contribution in [0.2, 0.25) is 0 Å². The Hall–Kier alpha value is -3.68. The number of nitrogens with zero attached hydrogens (tertiary/aromatic N) is 3. The number of rotatable bonds is 6. The van der Waals surface area contributed by atoms with E-state index in [9.17, 15) is 14.4 Å². The Labute approximate surface area is 165 Å². The van der Waals surface area contributed by atoms with Crippen molar-refractivity contribution in [2.75, 3.05) is 6.54 Å². The van der Waals surface area contributed by atoms with Crippen LogP contribution in [0, 0.1) is 6.92 Å². The van der Waals surface area contributed by atoms with Crippen molar-refractivity contribution in [3.8, 4) is 0 Å². The molecule has 0 aliphatic rings. The highest BCUT2D eigenvalue weighted by atomic mass is 16.2. The number of amides is 1. The van der Waals surface area contributed by atoms with Crippen LogP contribution in [0.5, 0.6) is 0 Å². The Morgan fingerprint density at radius 3 is 2.55 bits per heavy atom. The third-order valence-corrected chi connectivity index (χ3v) is 4.97. The maximum absolute atomic E-state index is 12.3. The lowest BCUT2D eigenvalue weighted by Gasteiger charge is -2.11. The molecule has 148 valence electrons. The molecule has 0 spiro atoms. The summed E-state index contributed by atoms with van der Waals surface area (Å²) in [5.41, 5.74) is 1.55. The van der Waals surface area contributed by atoms with Gasteiger partial charge in [-0.05, 0) is 31.2 Å². The maximum atomic E-state index is 12.3. The number of para-hydroxylation sites is 3. The zero-order chi connectivity index (χ0) is 20.4. The van der Waals surface area contributed by atoms with E-state index in [-0.39, 0.29) is 18.9 Å². The van der Waals surface area contributed by atoms with Crippen LogP contribution in [-0.4, -0.2) is 31.6 Å². The average molecular weight is 391 g/mol. The smallest absolute Gasteiger partial charge is 0.328 e. The molecule has 0 radical (unpaired) electrons. The first-order chi connectivity index (χ1) is 14.0. The highest BCUT2D eigenvalue weighted by molar-refractivity contribution is 5.79. The number of hydrogen-bond acceptors (Lipinski definition) is 4. The molecule has 0 fully saturated rings. The Morgan fingerprint density at radius 1 is 1.00 bits per heavy atom. The largest absolute Gasteiger partial charge is 0.354 e. The number of benzene rings is 2. The molecule has 1 amide bonds. The second kappa shape index (κ2) is 7.75. The third kappa shape index (κ3) is 3.69. The third-order valence-electron chi connectivity index (χ3n) is 4.97. The molecule has 0 saturated heterocycles. The van der Waals surface area contributed by atoms with Crippen molar-refractivity contribution in [1.82, 2.24) is 24.4 Å². The van der Waals surface area contributed by atoms with E-state index in [0.29, 0.717) is 24.0 Å². The quantitative estimate of drug-likeness (QED) is 0.521. The number of nitrogens with one attached hydrogen (secondary N) is 2. The van der Waals surface area contributed by atoms with Crippen molar-refractivity contribution in [2.45, 2.75) is 26.4 Å². The lowest BCUT2D eigenvalue weighted by atomic mass is 10.2. The molecular weight excluding hydrogens is 370 g/mol. The summed E-state index contributed by atoms with van der Waals surface area (Å²) in [6.07, 6.45) is 0.138. The van der Waals surface area contributed by atoms with E-state index < -0.39 is 11.2 Å². The molecule has 29 heavy (non-hydrogen) atoms. The van der Waals surface area contributed by atoms with Crippen LogP contribution < -0.4 is 16.6 Å². The van der Waals surface area contributed by atoms with Crippen molar-refractivity contribution in [2.24, 2.45) is 0 Å². The van der Waals surface area contributed by atoms with Gasteiger partial charge in [0.15, 0.2) is 0 Å². The minimum Gasteiger partial charge on any atom is -0.354 e. The van der Waals surface area contributed by atoms with E-state index in [1.54, 1.807) is 24.3 Å². The predicted molar refractivity (Wildman–Crippen MR) is 111 cm³/mol. The number of aromatic nitrogens is 4.